The van der Waals surface area contributed by atoms with Crippen LogP contribution in [0.2, 0.25) is 0 Å². The van der Waals surface area contributed by atoms with Crippen LogP contribution in [0.15, 0.2) is 60.0 Å². The monoisotopic (exact) mass is 365 g/mol. The maximum atomic E-state index is 14.4. The van der Waals surface area contributed by atoms with Gasteiger partial charge >= 0.3 is 0 Å². The molecule has 26 heavy (non-hydrogen) atoms. The number of nitrogens with two attached hydrogens (primary N) is 1. The highest BCUT2D eigenvalue weighted by Gasteiger charge is 2.42. The lowest BCUT2D eigenvalue weighted by molar-refractivity contribution is -0.0271. The minimum absolute atomic E-state index is 0.242. The maximum Gasteiger partial charge on any atom is 0.144 e. The molecular weight excluding hydrogens is 347 g/mol. The van der Waals surface area contributed by atoms with Gasteiger partial charge in [0.05, 0.1) is 18.6 Å². The molecule has 0 aliphatic heterocycles. The van der Waals surface area contributed by atoms with Gasteiger partial charge in [0.2, 0.25) is 0 Å². The van der Waals surface area contributed by atoms with Crippen LogP contribution in [-0.4, -0.2) is 26.2 Å². The first kappa shape index (κ1) is 19.4. The molecule has 0 unspecified atom stereocenters. The van der Waals surface area contributed by atoms with Gasteiger partial charge in [-0.15, -0.1) is 0 Å². The molecule has 0 saturated heterocycles. The van der Waals surface area contributed by atoms with Crippen molar-refractivity contribution < 1.29 is 18.3 Å². The average molecular weight is 365 g/mol. The van der Waals surface area contributed by atoms with E-state index in [0.29, 0.717) is 6.07 Å². The van der Waals surface area contributed by atoms with E-state index in [2.05, 4.69) is 21.7 Å². The first-order valence-electron chi connectivity index (χ1n) is 7.60. The molecule has 0 amide bonds. The fourth-order valence-electron chi connectivity index (χ4n) is 2.65. The van der Waals surface area contributed by atoms with E-state index in [4.69, 9.17) is 5.73 Å². The number of aliphatic imine (C=N–C) groups is 1. The minimum atomic E-state index is -2.03. The molecule has 6 nitrogen and oxygen atoms in total. The Morgan fingerprint density at radius 3 is 2.77 bits per heavy atom. The third-order valence-electron chi connectivity index (χ3n) is 4.03. The Bertz CT molecular complexity index is 835. The van der Waals surface area contributed by atoms with Crippen molar-refractivity contribution in [2.75, 3.05) is 0 Å². The molecule has 1 aromatic carbocycles. The Balaban J connectivity index is 2.64. The zero-order chi connectivity index (χ0) is 19.3. The molecule has 0 aliphatic carbocycles. The quantitative estimate of drug-likeness (QED) is 0.448. The fourth-order valence-corrected chi connectivity index (χ4v) is 2.65. The number of allylic oxidation sites excluding steroid dienone is 2. The first-order chi connectivity index (χ1) is 12.3. The summed E-state index contributed by atoms with van der Waals surface area (Å²) in [7, 11) is 0. The summed E-state index contributed by atoms with van der Waals surface area (Å²) in [6, 6.07) is 2.72. The molecule has 9 heteroatoms. The van der Waals surface area contributed by atoms with Gasteiger partial charge in [-0.1, -0.05) is 19.6 Å². The SMILES string of the molecule is C=C/C(F)=C(\N=CN)[C@H](C)[C@](O)(Cn1cncn1)c1ccc(F)cc1F. The second-order valence-electron chi connectivity index (χ2n) is 5.58. The molecule has 138 valence electrons. The normalized spacial score (nSPS) is 16.2. The van der Waals surface area contributed by atoms with Crippen LogP contribution in [0.25, 0.3) is 0 Å². The molecule has 3 N–H and O–H groups in total. The van der Waals surface area contributed by atoms with Crippen molar-refractivity contribution in [3.63, 3.8) is 0 Å². The Morgan fingerprint density at radius 1 is 1.50 bits per heavy atom. The van der Waals surface area contributed by atoms with Crippen LogP contribution in [0.3, 0.4) is 0 Å². The van der Waals surface area contributed by atoms with Crippen LogP contribution in [-0.2, 0) is 12.1 Å². The van der Waals surface area contributed by atoms with Crippen molar-refractivity contribution in [2.45, 2.75) is 19.1 Å². The molecule has 2 atom stereocenters. The second kappa shape index (κ2) is 7.96. The first-order valence-corrected chi connectivity index (χ1v) is 7.60. The van der Waals surface area contributed by atoms with Crippen molar-refractivity contribution >= 4 is 6.34 Å². The van der Waals surface area contributed by atoms with Crippen molar-refractivity contribution in [1.29, 1.82) is 0 Å². The van der Waals surface area contributed by atoms with Gasteiger partial charge in [0.25, 0.3) is 0 Å². The summed E-state index contributed by atoms with van der Waals surface area (Å²) in [6.07, 6.45) is 4.28. The number of rotatable bonds is 7. The summed E-state index contributed by atoms with van der Waals surface area (Å²) in [5.74, 6) is -3.73. The molecule has 0 saturated carbocycles. The van der Waals surface area contributed by atoms with E-state index in [9.17, 15) is 18.3 Å². The van der Waals surface area contributed by atoms with Gasteiger partial charge in [-0.05, 0) is 12.1 Å². The summed E-state index contributed by atoms with van der Waals surface area (Å²) >= 11 is 0. The van der Waals surface area contributed by atoms with Crippen LogP contribution >= 0.6 is 0 Å². The molecule has 1 heterocycles. The van der Waals surface area contributed by atoms with E-state index in [1.54, 1.807) is 0 Å². The van der Waals surface area contributed by atoms with Gasteiger partial charge < -0.3 is 10.8 Å². The predicted octanol–water partition coefficient (Wildman–Crippen LogP) is 2.43. The fraction of sp³-hybridized carbons (Fsp3) is 0.235. The summed E-state index contributed by atoms with van der Waals surface area (Å²) in [6.45, 7) is 4.47. The van der Waals surface area contributed by atoms with Gasteiger partial charge in [0.1, 0.15) is 35.7 Å². The Morgan fingerprint density at radius 2 is 2.23 bits per heavy atom. The average Bonchev–Trinajstić information content (AvgIpc) is 3.10. The molecule has 0 spiro atoms. The summed E-state index contributed by atoms with van der Waals surface area (Å²) < 4.78 is 43.2. The Kier molecular flexibility index (Phi) is 5.93. The highest BCUT2D eigenvalue weighted by atomic mass is 19.1. The molecule has 2 rings (SSSR count). The topological polar surface area (TPSA) is 89.3 Å². The third kappa shape index (κ3) is 3.83. The highest BCUT2D eigenvalue weighted by Crippen LogP contribution is 2.39. The lowest BCUT2D eigenvalue weighted by Gasteiger charge is -2.35. The van der Waals surface area contributed by atoms with Crippen molar-refractivity contribution in [2.24, 2.45) is 16.6 Å². The zero-order valence-electron chi connectivity index (χ0n) is 14.0. The van der Waals surface area contributed by atoms with Crippen molar-refractivity contribution in [3.8, 4) is 0 Å². The molecule has 0 aliphatic rings. The van der Waals surface area contributed by atoms with Crippen LogP contribution in [0.5, 0.6) is 0 Å². The largest absolute Gasteiger partial charge is 0.390 e. The number of hydrogen-bond donors (Lipinski definition) is 2. The Hall–Kier alpha value is -2.94. The molecule has 0 radical (unpaired) electrons. The van der Waals surface area contributed by atoms with Crippen LogP contribution < -0.4 is 5.73 Å². The summed E-state index contributed by atoms with van der Waals surface area (Å²) in [5, 5.41) is 15.2. The van der Waals surface area contributed by atoms with E-state index in [0.717, 1.165) is 24.5 Å². The van der Waals surface area contributed by atoms with E-state index in [-0.39, 0.29) is 17.8 Å². The van der Waals surface area contributed by atoms with Gasteiger partial charge in [0.15, 0.2) is 0 Å². The maximum absolute atomic E-state index is 14.4. The predicted molar refractivity (Wildman–Crippen MR) is 90.5 cm³/mol. The van der Waals surface area contributed by atoms with E-state index < -0.39 is 29.0 Å². The van der Waals surface area contributed by atoms with Gasteiger partial charge in [-0.2, -0.15) is 5.10 Å². The molecule has 0 bridgehead atoms. The molecule has 2 aromatic rings. The lowest BCUT2D eigenvalue weighted by atomic mass is 9.79. The van der Waals surface area contributed by atoms with E-state index >= 15 is 0 Å². The number of benzene rings is 1. The van der Waals surface area contributed by atoms with Gasteiger partial charge in [-0.25, -0.2) is 27.8 Å². The molecule has 1 aromatic heterocycles. The third-order valence-corrected chi connectivity index (χ3v) is 4.03. The minimum Gasteiger partial charge on any atom is -0.390 e. The van der Waals surface area contributed by atoms with Crippen LogP contribution in [0.1, 0.15) is 12.5 Å². The number of aromatic nitrogens is 3. The number of nitrogens with zero attached hydrogens (tertiary/aromatic N) is 4. The van der Waals surface area contributed by atoms with Crippen molar-refractivity contribution in [3.05, 3.63) is 72.2 Å². The van der Waals surface area contributed by atoms with E-state index in [1.165, 1.54) is 24.3 Å². The highest BCUT2D eigenvalue weighted by molar-refractivity contribution is 5.54. The number of hydrogen-bond acceptors (Lipinski definition) is 4. The standard InChI is InChI=1S/C17H18F3N5O/c1-3-14(19)16(23-8-21)11(2)17(26,7-25-10-22-9-24-25)13-5-4-12(18)6-15(13)20/h3-6,8-11,26H,1,7H2,2H3,(H2,21,23)/b16-14+/t11-,17+/m0/s1. The summed E-state index contributed by atoms with van der Waals surface area (Å²) in [5.41, 5.74) is 2.75. The van der Waals surface area contributed by atoms with Gasteiger partial charge in [-0.3, -0.25) is 0 Å². The zero-order valence-corrected chi connectivity index (χ0v) is 14.0. The second-order valence-corrected chi connectivity index (χ2v) is 5.58. The lowest BCUT2D eigenvalue weighted by Crippen LogP contribution is -2.40. The van der Waals surface area contributed by atoms with Crippen LogP contribution in [0.4, 0.5) is 13.2 Å². The Labute approximate surface area is 148 Å². The van der Waals surface area contributed by atoms with Gasteiger partial charge in [0, 0.05) is 17.5 Å². The molecular formula is C17H18F3N5O. The van der Waals surface area contributed by atoms with Crippen LogP contribution in [0, 0.1) is 17.6 Å². The number of aliphatic hydroxyl groups is 1. The van der Waals surface area contributed by atoms with Crippen molar-refractivity contribution in [1.82, 2.24) is 14.8 Å². The molecule has 0 fully saturated rings. The smallest absolute Gasteiger partial charge is 0.144 e. The summed E-state index contributed by atoms with van der Waals surface area (Å²) in [4.78, 5) is 7.51. The number of halogens is 3. The van der Waals surface area contributed by atoms with E-state index in [1.807, 2.05) is 0 Å².